The second-order valence-corrected chi connectivity index (χ2v) is 7.35. The maximum Gasteiger partial charge on any atom is 0.320 e. The molecular formula is C19H21N5OS. The molecule has 0 radical (unpaired) electrons. The van der Waals surface area contributed by atoms with Crippen LogP contribution in [0.4, 0.5) is 9.80 Å². The third-order valence-electron chi connectivity index (χ3n) is 4.57. The van der Waals surface area contributed by atoms with E-state index in [-0.39, 0.29) is 6.03 Å². The Bertz CT molecular complexity index is 853. The number of carbonyl (C=O) groups excluding carboxylic acids is 1. The van der Waals surface area contributed by atoms with E-state index in [4.69, 9.17) is 5.10 Å². The number of hydrogen-bond acceptors (Lipinski definition) is 4. The van der Waals surface area contributed by atoms with Gasteiger partial charge in [0.2, 0.25) is 0 Å². The largest absolute Gasteiger partial charge is 0.332 e. The summed E-state index contributed by atoms with van der Waals surface area (Å²) in [5.74, 6) is 0. The minimum Gasteiger partial charge on any atom is -0.332 e. The predicted octanol–water partition coefficient (Wildman–Crippen LogP) is 4.44. The molecule has 3 aromatic heterocycles. The van der Waals surface area contributed by atoms with Crippen molar-refractivity contribution in [1.82, 2.24) is 20.1 Å². The summed E-state index contributed by atoms with van der Waals surface area (Å²) in [6, 6.07) is 11.9. The van der Waals surface area contributed by atoms with Crippen LogP contribution in [0.5, 0.6) is 0 Å². The van der Waals surface area contributed by atoms with Crippen LogP contribution >= 0.6 is 11.3 Å². The van der Waals surface area contributed by atoms with E-state index < -0.39 is 0 Å². The zero-order chi connectivity index (χ0) is 17.8. The highest BCUT2D eigenvalue weighted by Crippen LogP contribution is 2.33. The summed E-state index contributed by atoms with van der Waals surface area (Å²) in [6.07, 6.45) is 6.57. The van der Waals surface area contributed by atoms with E-state index in [9.17, 15) is 4.79 Å². The van der Waals surface area contributed by atoms with Gasteiger partial charge in [-0.15, -0.1) is 11.3 Å². The van der Waals surface area contributed by atoms with Gasteiger partial charge in [-0.1, -0.05) is 18.9 Å². The van der Waals surface area contributed by atoms with Crippen LogP contribution in [0.25, 0.3) is 11.4 Å². The lowest BCUT2D eigenvalue weighted by Gasteiger charge is -2.13. The average Bonchev–Trinajstić information content (AvgIpc) is 3.41. The molecular weight excluding hydrogens is 346 g/mol. The lowest BCUT2D eigenvalue weighted by molar-refractivity contribution is 0.251. The van der Waals surface area contributed by atoms with Crippen LogP contribution in [-0.4, -0.2) is 20.8 Å². The molecule has 7 heteroatoms. The second kappa shape index (κ2) is 7.70. The Kier molecular flexibility index (Phi) is 4.97. The molecule has 3 heterocycles. The maximum atomic E-state index is 12.0. The first-order chi connectivity index (χ1) is 12.8. The van der Waals surface area contributed by atoms with Crippen LogP contribution in [0, 0.1) is 0 Å². The molecule has 0 spiro atoms. The monoisotopic (exact) mass is 367 g/mol. The van der Waals surface area contributed by atoms with Crippen molar-refractivity contribution in [3.8, 4) is 11.4 Å². The number of amides is 2. The van der Waals surface area contributed by atoms with Gasteiger partial charge in [0, 0.05) is 6.20 Å². The van der Waals surface area contributed by atoms with E-state index in [1.54, 1.807) is 6.20 Å². The molecule has 1 saturated carbocycles. The fourth-order valence-corrected chi connectivity index (χ4v) is 3.95. The molecule has 0 bridgehead atoms. The number of carbonyl (C=O) groups is 1. The Morgan fingerprint density at radius 2 is 2.12 bits per heavy atom. The van der Waals surface area contributed by atoms with Crippen molar-refractivity contribution in [2.24, 2.45) is 0 Å². The van der Waals surface area contributed by atoms with E-state index in [2.05, 4.69) is 20.3 Å². The van der Waals surface area contributed by atoms with Crippen LogP contribution in [0.3, 0.4) is 0 Å². The molecule has 0 aliphatic heterocycles. The minimum absolute atomic E-state index is 0.220. The summed E-state index contributed by atoms with van der Waals surface area (Å²) in [6.45, 7) is 0.386. The first kappa shape index (κ1) is 16.8. The highest BCUT2D eigenvalue weighted by molar-refractivity contribution is 7.14. The number of rotatable bonds is 5. The van der Waals surface area contributed by atoms with Crippen molar-refractivity contribution in [1.29, 1.82) is 0 Å². The van der Waals surface area contributed by atoms with Gasteiger partial charge in [0.15, 0.2) is 0 Å². The molecule has 4 rings (SSSR count). The standard InChI is InChI=1S/C19H21N5OS/c25-19(22-18-9-5-11-26-18)21-13-14-12-17(16-8-3-4-10-20-16)24(23-14)15-6-1-2-7-15/h3-5,8-12,15H,1-2,6-7,13H2,(H2,21,22,25). The summed E-state index contributed by atoms with van der Waals surface area (Å²) < 4.78 is 2.10. The summed E-state index contributed by atoms with van der Waals surface area (Å²) in [5.41, 5.74) is 2.79. The predicted molar refractivity (Wildman–Crippen MR) is 103 cm³/mol. The third-order valence-corrected chi connectivity index (χ3v) is 5.36. The molecule has 1 fully saturated rings. The fraction of sp³-hybridized carbons (Fsp3) is 0.316. The van der Waals surface area contributed by atoms with Crippen LogP contribution in [0.1, 0.15) is 37.4 Å². The number of urea groups is 1. The Balaban J connectivity index is 1.50. The van der Waals surface area contributed by atoms with Gasteiger partial charge in [-0.2, -0.15) is 5.10 Å². The van der Waals surface area contributed by atoms with Gasteiger partial charge >= 0.3 is 6.03 Å². The molecule has 1 aliphatic rings. The molecule has 2 N–H and O–H groups in total. The summed E-state index contributed by atoms with van der Waals surface area (Å²) in [7, 11) is 0. The van der Waals surface area contributed by atoms with Gasteiger partial charge in [0.05, 0.1) is 34.7 Å². The Labute approximate surface area is 156 Å². The quantitative estimate of drug-likeness (QED) is 0.700. The lowest BCUT2D eigenvalue weighted by atomic mass is 10.2. The highest BCUT2D eigenvalue weighted by atomic mass is 32.1. The topological polar surface area (TPSA) is 71.8 Å². The van der Waals surface area contributed by atoms with E-state index in [1.807, 2.05) is 41.8 Å². The van der Waals surface area contributed by atoms with Crippen molar-refractivity contribution >= 4 is 22.4 Å². The lowest BCUT2D eigenvalue weighted by Crippen LogP contribution is -2.28. The van der Waals surface area contributed by atoms with Gasteiger partial charge in [0.25, 0.3) is 0 Å². The van der Waals surface area contributed by atoms with Crippen LogP contribution in [0.15, 0.2) is 48.0 Å². The zero-order valence-electron chi connectivity index (χ0n) is 14.4. The molecule has 2 amide bonds. The molecule has 0 saturated heterocycles. The number of aromatic nitrogens is 3. The Morgan fingerprint density at radius 3 is 2.85 bits per heavy atom. The van der Waals surface area contributed by atoms with Crippen molar-refractivity contribution in [3.05, 3.63) is 53.7 Å². The molecule has 0 atom stereocenters. The van der Waals surface area contributed by atoms with E-state index >= 15 is 0 Å². The van der Waals surface area contributed by atoms with E-state index in [0.29, 0.717) is 12.6 Å². The minimum atomic E-state index is -0.220. The zero-order valence-corrected chi connectivity index (χ0v) is 15.2. The van der Waals surface area contributed by atoms with E-state index in [0.717, 1.165) is 34.9 Å². The fourth-order valence-electron chi connectivity index (χ4n) is 3.34. The molecule has 0 unspecified atom stereocenters. The first-order valence-electron chi connectivity index (χ1n) is 8.88. The normalized spacial score (nSPS) is 14.5. The number of anilines is 1. The van der Waals surface area contributed by atoms with Crippen molar-refractivity contribution in [2.45, 2.75) is 38.3 Å². The number of nitrogens with one attached hydrogen (secondary N) is 2. The van der Waals surface area contributed by atoms with Crippen molar-refractivity contribution < 1.29 is 4.79 Å². The number of nitrogens with zero attached hydrogens (tertiary/aromatic N) is 3. The Morgan fingerprint density at radius 1 is 1.23 bits per heavy atom. The molecule has 26 heavy (non-hydrogen) atoms. The smallest absolute Gasteiger partial charge is 0.320 e. The summed E-state index contributed by atoms with van der Waals surface area (Å²) >= 11 is 1.49. The molecule has 0 aromatic carbocycles. The summed E-state index contributed by atoms with van der Waals surface area (Å²) in [5, 5.41) is 13.2. The summed E-state index contributed by atoms with van der Waals surface area (Å²) in [4.78, 5) is 16.5. The number of pyridine rings is 1. The Hall–Kier alpha value is -2.67. The SMILES string of the molecule is O=C(NCc1cc(-c2ccccn2)n(C2CCCC2)n1)Nc1cccs1. The van der Waals surface area contributed by atoms with Gasteiger partial charge < -0.3 is 5.32 Å². The van der Waals surface area contributed by atoms with Gasteiger partial charge in [-0.3, -0.25) is 15.0 Å². The van der Waals surface area contributed by atoms with Crippen LogP contribution < -0.4 is 10.6 Å². The molecule has 6 nitrogen and oxygen atoms in total. The van der Waals surface area contributed by atoms with Gasteiger partial charge in [-0.05, 0) is 48.6 Å². The number of thiophene rings is 1. The van der Waals surface area contributed by atoms with Gasteiger partial charge in [0.1, 0.15) is 0 Å². The van der Waals surface area contributed by atoms with E-state index in [1.165, 1.54) is 24.2 Å². The maximum absolute atomic E-state index is 12.0. The average molecular weight is 367 g/mol. The first-order valence-corrected chi connectivity index (χ1v) is 9.76. The highest BCUT2D eigenvalue weighted by Gasteiger charge is 2.22. The second-order valence-electron chi connectivity index (χ2n) is 6.40. The van der Waals surface area contributed by atoms with Crippen LogP contribution in [0.2, 0.25) is 0 Å². The number of hydrogen-bond donors (Lipinski definition) is 2. The third kappa shape index (κ3) is 3.77. The van der Waals surface area contributed by atoms with Crippen molar-refractivity contribution in [2.75, 3.05) is 5.32 Å². The van der Waals surface area contributed by atoms with Crippen LogP contribution in [-0.2, 0) is 6.54 Å². The molecule has 3 aromatic rings. The molecule has 134 valence electrons. The van der Waals surface area contributed by atoms with Crippen molar-refractivity contribution in [3.63, 3.8) is 0 Å². The molecule has 1 aliphatic carbocycles. The van der Waals surface area contributed by atoms with Gasteiger partial charge in [-0.25, -0.2) is 4.79 Å².